The third-order valence-electron chi connectivity index (χ3n) is 12.6. The quantitative estimate of drug-likeness (QED) is 0.0188. The van der Waals surface area contributed by atoms with Gasteiger partial charge in [-0.15, -0.1) is 6.58 Å². The van der Waals surface area contributed by atoms with Gasteiger partial charge >= 0.3 is 20.1 Å². The molecule has 426 valence electrons. The molecular weight excluding hydrogens is 1060 g/mol. The van der Waals surface area contributed by atoms with Gasteiger partial charge in [0.1, 0.15) is 55.7 Å². The molecule has 0 bridgehead atoms. The molecule has 1 fully saturated rings. The number of para-hydroxylation sites is 2. The van der Waals surface area contributed by atoms with E-state index in [4.69, 9.17) is 81.5 Å². The van der Waals surface area contributed by atoms with E-state index >= 15 is 4.57 Å². The van der Waals surface area contributed by atoms with Gasteiger partial charge in [-0.3, -0.25) is 4.52 Å². The first kappa shape index (κ1) is 65.0. The smallest absolute Gasteiger partial charge is 0.445 e. The van der Waals surface area contributed by atoms with E-state index in [0.717, 1.165) is 44.1 Å². The molecular formula is C58H85Cl3NO13P. The zero-order chi connectivity index (χ0) is 54.5. The van der Waals surface area contributed by atoms with Crippen LogP contribution in [0.5, 0.6) is 11.5 Å². The van der Waals surface area contributed by atoms with Gasteiger partial charge in [0.05, 0.1) is 12.7 Å². The first-order valence-electron chi connectivity index (χ1n) is 27.6. The van der Waals surface area contributed by atoms with Crippen molar-refractivity contribution in [3.05, 3.63) is 109 Å². The predicted octanol–water partition coefficient (Wildman–Crippen LogP) is 16.4. The fraction of sp³-hybridized carbons (Fsp3) is 0.621. The molecule has 1 heterocycles. The summed E-state index contributed by atoms with van der Waals surface area (Å²) in [6, 6.07) is 24.5. The molecule has 1 saturated heterocycles. The molecule has 0 spiro atoms. The monoisotopic (exact) mass is 1140 g/mol. The Morgan fingerprint density at radius 1 is 0.658 bits per heavy atom. The van der Waals surface area contributed by atoms with E-state index in [0.29, 0.717) is 13.0 Å². The summed E-state index contributed by atoms with van der Waals surface area (Å²) in [5, 5.41) is 2.76. The zero-order valence-corrected chi connectivity index (χ0v) is 48.1. The van der Waals surface area contributed by atoms with E-state index in [2.05, 4.69) is 25.7 Å². The van der Waals surface area contributed by atoms with Gasteiger partial charge in [0.25, 0.3) is 0 Å². The summed E-state index contributed by atoms with van der Waals surface area (Å²) in [5.41, 5.74) is 0.733. The lowest BCUT2D eigenvalue weighted by Gasteiger charge is -2.45. The number of nitrogens with one attached hydrogen (secondary N) is 1. The number of unbranched alkanes of at least 4 members (excludes halogenated alkanes) is 17. The largest absolute Gasteiger partial charge is 0.588 e. The minimum absolute atomic E-state index is 0.0582. The standard InChI is InChI=1S/C58H85Cl3NO13P/c1-4-7-9-11-13-15-17-19-21-32-42-66-48(35-27-20-18-16-14-12-10-8-5-2)40-43-67-54-52(62-56(63)71-46-58(59,60)61)55(68-41-6-3)72-51(45-70-57(64)69-44-47-33-25-22-26-34-47)53(54)75-76(65,73-49-36-28-23-29-37-49)74-50-38-30-24-31-39-50/h6,22-26,28-31,33-34,36-39,48,51-55H,3-5,7-21,27,32,35,40-46H2,1-2H3,(H,62,63)/t48-,51-,52-,53-,54-,55+/m1/s1. The van der Waals surface area contributed by atoms with Crippen LogP contribution >= 0.6 is 42.6 Å². The molecule has 1 aliphatic rings. The van der Waals surface area contributed by atoms with Gasteiger partial charge in [0.2, 0.25) is 3.79 Å². The molecule has 0 aliphatic carbocycles. The maximum Gasteiger partial charge on any atom is 0.588 e. The summed E-state index contributed by atoms with van der Waals surface area (Å²) in [6.45, 7) is 7.68. The number of phosphoric ester groups is 1. The van der Waals surface area contributed by atoms with E-state index in [-0.39, 0.29) is 37.4 Å². The highest BCUT2D eigenvalue weighted by Gasteiger charge is 2.53. The van der Waals surface area contributed by atoms with Crippen molar-refractivity contribution in [2.24, 2.45) is 0 Å². The number of ether oxygens (including phenoxy) is 7. The second kappa shape index (κ2) is 38.9. The number of rotatable bonds is 41. The van der Waals surface area contributed by atoms with Gasteiger partial charge in [0, 0.05) is 13.2 Å². The van der Waals surface area contributed by atoms with Crippen LogP contribution in [0.25, 0.3) is 0 Å². The number of benzene rings is 3. The van der Waals surface area contributed by atoms with Gasteiger partial charge in [-0.05, 0) is 49.1 Å². The second-order valence-electron chi connectivity index (χ2n) is 19.1. The molecule has 0 aromatic heterocycles. The average molecular weight is 1140 g/mol. The molecule has 1 aliphatic heterocycles. The van der Waals surface area contributed by atoms with Crippen LogP contribution in [0.1, 0.15) is 154 Å². The molecule has 0 saturated carbocycles. The molecule has 6 atom stereocenters. The predicted molar refractivity (Wildman–Crippen MR) is 300 cm³/mol. The Morgan fingerprint density at radius 3 is 1.72 bits per heavy atom. The molecule has 18 heteroatoms. The number of amides is 1. The lowest BCUT2D eigenvalue weighted by atomic mass is 9.96. The number of hydrogen-bond donors (Lipinski definition) is 1. The Morgan fingerprint density at radius 2 is 1.18 bits per heavy atom. The van der Waals surface area contributed by atoms with Crippen molar-refractivity contribution in [3.8, 4) is 11.5 Å². The highest BCUT2D eigenvalue weighted by molar-refractivity contribution is 7.49. The lowest BCUT2D eigenvalue weighted by Crippen LogP contribution is -2.66. The number of phosphoric acid groups is 1. The average Bonchev–Trinajstić information content (AvgIpc) is 3.41. The van der Waals surface area contributed by atoms with E-state index in [1.54, 1.807) is 72.8 Å². The van der Waals surface area contributed by atoms with Crippen molar-refractivity contribution in [3.63, 3.8) is 0 Å². The van der Waals surface area contributed by atoms with Crippen molar-refractivity contribution in [1.82, 2.24) is 5.32 Å². The van der Waals surface area contributed by atoms with E-state index in [1.165, 1.54) is 96.0 Å². The molecule has 0 unspecified atom stereocenters. The highest BCUT2D eigenvalue weighted by atomic mass is 35.6. The molecule has 4 rings (SSSR count). The van der Waals surface area contributed by atoms with Gasteiger partial charge in [-0.25, -0.2) is 14.2 Å². The van der Waals surface area contributed by atoms with Crippen LogP contribution in [-0.4, -0.2) is 85.8 Å². The first-order chi connectivity index (χ1) is 36.9. The SMILES string of the molecule is C=CCO[C@H]1O[C@H](COC(=O)OCc2ccccc2)[C@@H](OP(=O)(Oc2ccccc2)Oc2ccccc2)[C@H](OCC[C@@H](CCCCCCCCCCC)OCCCCCCCCCCCC)[C@H]1NC(=O)OCC(Cl)(Cl)Cl. The summed E-state index contributed by atoms with van der Waals surface area (Å²) in [7, 11) is -4.77. The maximum absolute atomic E-state index is 15.3. The van der Waals surface area contributed by atoms with Crippen LogP contribution in [0, 0.1) is 0 Å². The Balaban J connectivity index is 1.65. The third-order valence-corrected chi connectivity index (χ3v) is 14.3. The molecule has 1 N–H and O–H groups in total. The molecule has 3 aromatic carbocycles. The van der Waals surface area contributed by atoms with Gasteiger partial charge < -0.3 is 47.5 Å². The minimum Gasteiger partial charge on any atom is -0.445 e. The second-order valence-corrected chi connectivity index (χ2v) is 23.1. The molecule has 3 aromatic rings. The summed E-state index contributed by atoms with van der Waals surface area (Å²) >= 11 is 18.0. The lowest BCUT2D eigenvalue weighted by molar-refractivity contribution is -0.271. The van der Waals surface area contributed by atoms with Crippen molar-refractivity contribution in [2.45, 2.75) is 196 Å². The number of carbonyl (C=O) groups excluding carboxylic acids is 2. The van der Waals surface area contributed by atoms with Crippen LogP contribution in [0.15, 0.2) is 104 Å². The summed E-state index contributed by atoms with van der Waals surface area (Å²) in [5.74, 6) is 0.314. The van der Waals surface area contributed by atoms with Crippen molar-refractivity contribution >= 4 is 54.9 Å². The maximum atomic E-state index is 15.3. The number of carbonyl (C=O) groups is 2. The molecule has 1 amide bonds. The Hall–Kier alpha value is -3.56. The summed E-state index contributed by atoms with van der Waals surface area (Å²) in [4.78, 5) is 26.9. The van der Waals surface area contributed by atoms with E-state index in [1.807, 2.05) is 18.2 Å². The first-order valence-corrected chi connectivity index (χ1v) is 30.2. The summed E-state index contributed by atoms with van der Waals surface area (Å²) in [6.07, 6.45) is 18.0. The van der Waals surface area contributed by atoms with Crippen LogP contribution < -0.4 is 14.4 Å². The number of alkyl halides is 3. The molecule has 14 nitrogen and oxygen atoms in total. The molecule has 76 heavy (non-hydrogen) atoms. The normalized spacial score (nSPS) is 18.1. The van der Waals surface area contributed by atoms with E-state index < -0.39 is 67.7 Å². The Bertz CT molecular complexity index is 1980. The number of alkyl carbamates (subject to hydrolysis) is 1. The van der Waals surface area contributed by atoms with Crippen molar-refractivity contribution in [1.29, 1.82) is 0 Å². The van der Waals surface area contributed by atoms with Gasteiger partial charge in [-0.1, -0.05) is 237 Å². The Labute approximate surface area is 468 Å². The van der Waals surface area contributed by atoms with Gasteiger partial charge in [0.15, 0.2) is 6.29 Å². The van der Waals surface area contributed by atoms with Gasteiger partial charge in [-0.2, -0.15) is 0 Å². The Kier molecular flexibility index (Phi) is 33.3. The third kappa shape index (κ3) is 28.4. The fourth-order valence-corrected chi connectivity index (χ4v) is 10.3. The van der Waals surface area contributed by atoms with E-state index in [9.17, 15) is 9.59 Å². The number of hydrogen-bond acceptors (Lipinski definition) is 13. The van der Waals surface area contributed by atoms with Crippen molar-refractivity contribution < 1.29 is 60.9 Å². The fourth-order valence-electron chi connectivity index (χ4n) is 8.66. The molecule has 0 radical (unpaired) electrons. The van der Waals surface area contributed by atoms with Crippen LogP contribution in [0.3, 0.4) is 0 Å². The van der Waals surface area contributed by atoms with Crippen LogP contribution in [0.4, 0.5) is 9.59 Å². The van der Waals surface area contributed by atoms with Crippen molar-refractivity contribution in [2.75, 3.05) is 33.0 Å². The zero-order valence-electron chi connectivity index (χ0n) is 44.9. The highest BCUT2D eigenvalue weighted by Crippen LogP contribution is 2.52. The number of halogens is 3. The topological polar surface area (TPSA) is 156 Å². The van der Waals surface area contributed by atoms with Crippen LogP contribution in [-0.2, 0) is 48.9 Å². The minimum atomic E-state index is -4.77. The van der Waals surface area contributed by atoms with Crippen LogP contribution in [0.2, 0.25) is 0 Å². The summed E-state index contributed by atoms with van der Waals surface area (Å²) < 4.78 is 74.7.